The molecule has 1 aliphatic rings. The third kappa shape index (κ3) is 9.99. The van der Waals surface area contributed by atoms with Gasteiger partial charge in [0.05, 0.1) is 6.54 Å². The maximum Gasteiger partial charge on any atom is 0.315 e. The zero-order valence-corrected chi connectivity index (χ0v) is 14.1. The number of hydrogen-bond acceptors (Lipinski definition) is 6. The molecule has 1 unspecified atom stereocenters. The quantitative estimate of drug-likeness (QED) is 0.409. The summed E-state index contributed by atoms with van der Waals surface area (Å²) in [5.74, 6) is -0.171. The van der Waals surface area contributed by atoms with Crippen LogP contribution in [-0.4, -0.2) is 50.1 Å². The van der Waals surface area contributed by atoms with Crippen LogP contribution in [0, 0.1) is 0 Å². The minimum atomic E-state index is -3.83. The maximum absolute atomic E-state index is 11.4. The maximum atomic E-state index is 11.4. The van der Waals surface area contributed by atoms with Crippen molar-refractivity contribution in [1.29, 1.82) is 0 Å². The summed E-state index contributed by atoms with van der Waals surface area (Å²) in [5.41, 5.74) is 0. The molecule has 0 saturated carbocycles. The third-order valence-corrected chi connectivity index (χ3v) is 6.51. The van der Waals surface area contributed by atoms with Crippen molar-refractivity contribution < 1.29 is 18.0 Å². The molecule has 1 heterocycles. The monoisotopic (exact) mass is 355 g/mol. The van der Waals surface area contributed by atoms with Crippen molar-refractivity contribution in [1.82, 2.24) is 10.6 Å². The van der Waals surface area contributed by atoms with Crippen molar-refractivity contribution in [3.63, 3.8) is 0 Å². The van der Waals surface area contributed by atoms with Gasteiger partial charge in [0.1, 0.15) is 5.75 Å². The van der Waals surface area contributed by atoms with E-state index in [1.165, 1.54) is 12.2 Å². The standard InChI is InChI=1S/C11H21N3O4S3/c12-21(17,18)8-9(15)7-14-11(16)13-5-2-1-3-10-4-6-19-20-10/h10H,1-8H2,(H2,12,17,18)(H2,13,14,16). The minimum Gasteiger partial charge on any atom is -0.338 e. The molecule has 0 aromatic carbocycles. The molecule has 21 heavy (non-hydrogen) atoms. The number of carbonyl (C=O) groups excluding carboxylic acids is 2. The molecule has 1 saturated heterocycles. The highest BCUT2D eigenvalue weighted by molar-refractivity contribution is 8.77. The Morgan fingerprint density at radius 1 is 1.24 bits per heavy atom. The SMILES string of the molecule is NS(=O)(=O)CC(=O)CNC(=O)NCCCCC1CCSS1. The van der Waals surface area contributed by atoms with Crippen LogP contribution in [0.1, 0.15) is 25.7 Å². The van der Waals surface area contributed by atoms with Gasteiger partial charge in [0.2, 0.25) is 10.0 Å². The lowest BCUT2D eigenvalue weighted by atomic mass is 10.1. The third-order valence-electron chi connectivity index (χ3n) is 2.77. The van der Waals surface area contributed by atoms with Gasteiger partial charge in [-0.3, -0.25) is 4.79 Å². The van der Waals surface area contributed by atoms with Gasteiger partial charge in [-0.1, -0.05) is 28.0 Å². The summed E-state index contributed by atoms with van der Waals surface area (Å²) >= 11 is 0. The first-order valence-electron chi connectivity index (χ1n) is 6.69. The molecule has 0 aromatic rings. The van der Waals surface area contributed by atoms with Crippen LogP contribution in [0.3, 0.4) is 0 Å². The fourth-order valence-electron chi connectivity index (χ4n) is 1.78. The van der Waals surface area contributed by atoms with Gasteiger partial charge in [-0.25, -0.2) is 18.4 Å². The molecule has 1 rings (SSSR count). The van der Waals surface area contributed by atoms with Crippen LogP contribution >= 0.6 is 21.6 Å². The van der Waals surface area contributed by atoms with Crippen molar-refractivity contribution in [3.05, 3.63) is 0 Å². The van der Waals surface area contributed by atoms with Crippen LogP contribution in [0.2, 0.25) is 0 Å². The summed E-state index contributed by atoms with van der Waals surface area (Å²) in [7, 11) is 0.0312. The van der Waals surface area contributed by atoms with Crippen molar-refractivity contribution >= 4 is 43.4 Å². The highest BCUT2D eigenvalue weighted by atomic mass is 33.1. The molecular formula is C11H21N3O4S3. The Hall–Kier alpha value is -0.450. The lowest BCUT2D eigenvalue weighted by Crippen LogP contribution is -2.40. The summed E-state index contributed by atoms with van der Waals surface area (Å²) in [6, 6.07) is -0.469. The molecule has 4 N–H and O–H groups in total. The molecule has 1 fully saturated rings. The number of nitrogens with one attached hydrogen (secondary N) is 2. The van der Waals surface area contributed by atoms with E-state index in [0.29, 0.717) is 6.54 Å². The number of nitrogens with two attached hydrogens (primary N) is 1. The van der Waals surface area contributed by atoms with Crippen LogP contribution in [-0.2, 0) is 14.8 Å². The van der Waals surface area contributed by atoms with Crippen LogP contribution in [0.25, 0.3) is 0 Å². The van der Waals surface area contributed by atoms with Gasteiger partial charge in [0, 0.05) is 17.5 Å². The Labute approximate surface area is 133 Å². The second kappa shape index (κ2) is 9.54. The van der Waals surface area contributed by atoms with E-state index in [1.807, 2.05) is 21.6 Å². The highest BCUT2D eigenvalue weighted by Gasteiger charge is 2.15. The molecule has 10 heteroatoms. The first kappa shape index (κ1) is 18.6. The molecular weight excluding hydrogens is 334 g/mol. The van der Waals surface area contributed by atoms with Crippen molar-refractivity contribution in [2.45, 2.75) is 30.9 Å². The van der Waals surface area contributed by atoms with Gasteiger partial charge >= 0.3 is 6.03 Å². The highest BCUT2D eigenvalue weighted by Crippen LogP contribution is 2.39. The van der Waals surface area contributed by atoms with E-state index in [4.69, 9.17) is 5.14 Å². The largest absolute Gasteiger partial charge is 0.338 e. The molecule has 1 atom stereocenters. The number of carbonyl (C=O) groups is 2. The van der Waals surface area contributed by atoms with E-state index in [2.05, 4.69) is 10.6 Å². The number of urea groups is 1. The number of hydrogen-bond donors (Lipinski definition) is 3. The molecule has 122 valence electrons. The smallest absolute Gasteiger partial charge is 0.315 e. The lowest BCUT2D eigenvalue weighted by Gasteiger charge is -2.08. The molecule has 1 aliphatic heterocycles. The predicted octanol–water partition coefficient (Wildman–Crippen LogP) is 0.467. The van der Waals surface area contributed by atoms with E-state index in [0.717, 1.165) is 24.5 Å². The average Bonchev–Trinajstić information content (AvgIpc) is 2.87. The first-order chi connectivity index (χ1) is 9.87. The normalized spacial score (nSPS) is 18.4. The number of rotatable bonds is 9. The average molecular weight is 356 g/mol. The number of unbranched alkanes of at least 4 members (excludes halogenated alkanes) is 1. The molecule has 0 aromatic heterocycles. The summed E-state index contributed by atoms with van der Waals surface area (Å²) < 4.78 is 21.3. The Balaban J connectivity index is 1.99. The first-order valence-corrected chi connectivity index (χ1v) is 10.8. The van der Waals surface area contributed by atoms with Crippen molar-refractivity contribution in [2.24, 2.45) is 5.14 Å². The van der Waals surface area contributed by atoms with Gasteiger partial charge in [-0.05, 0) is 19.3 Å². The molecule has 0 radical (unpaired) electrons. The second-order valence-electron chi connectivity index (χ2n) is 4.78. The topological polar surface area (TPSA) is 118 Å². The molecule has 7 nitrogen and oxygen atoms in total. The van der Waals surface area contributed by atoms with Crippen LogP contribution in [0.4, 0.5) is 4.79 Å². The molecule has 0 bridgehead atoms. The Morgan fingerprint density at radius 3 is 2.62 bits per heavy atom. The van der Waals surface area contributed by atoms with Gasteiger partial charge in [-0.2, -0.15) is 0 Å². The van der Waals surface area contributed by atoms with Crippen LogP contribution in [0.5, 0.6) is 0 Å². The molecule has 2 amide bonds. The summed E-state index contributed by atoms with van der Waals surface area (Å²) in [4.78, 5) is 22.6. The number of primary sulfonamides is 1. The van der Waals surface area contributed by atoms with Crippen molar-refractivity contribution in [3.8, 4) is 0 Å². The van der Waals surface area contributed by atoms with Gasteiger partial charge in [0.25, 0.3) is 0 Å². The second-order valence-corrected chi connectivity index (χ2v) is 9.18. The summed E-state index contributed by atoms with van der Waals surface area (Å²) in [5, 5.41) is 10.4. The summed E-state index contributed by atoms with van der Waals surface area (Å²) in [6.07, 6.45) is 4.37. The summed E-state index contributed by atoms with van der Waals surface area (Å²) in [6.45, 7) is 0.206. The Kier molecular flexibility index (Phi) is 8.45. The number of ketones is 1. The van der Waals surface area contributed by atoms with E-state index >= 15 is 0 Å². The predicted molar refractivity (Wildman–Crippen MR) is 86.7 cm³/mol. The number of amides is 2. The van der Waals surface area contributed by atoms with Gasteiger partial charge in [0.15, 0.2) is 5.78 Å². The zero-order valence-electron chi connectivity index (χ0n) is 11.7. The molecule has 0 spiro atoms. The fraction of sp³-hybridized carbons (Fsp3) is 0.818. The van der Waals surface area contributed by atoms with Crippen LogP contribution < -0.4 is 15.8 Å². The van der Waals surface area contributed by atoms with Crippen molar-refractivity contribution in [2.75, 3.05) is 24.6 Å². The van der Waals surface area contributed by atoms with Gasteiger partial charge < -0.3 is 10.6 Å². The van der Waals surface area contributed by atoms with E-state index in [-0.39, 0.29) is 6.54 Å². The van der Waals surface area contributed by atoms with Gasteiger partial charge in [-0.15, -0.1) is 0 Å². The van der Waals surface area contributed by atoms with E-state index < -0.39 is 27.6 Å². The lowest BCUT2D eigenvalue weighted by molar-refractivity contribution is -0.115. The van der Waals surface area contributed by atoms with Crippen LogP contribution in [0.15, 0.2) is 0 Å². The Bertz CT molecular complexity index is 450. The number of Topliss-reactive ketones (excluding diaryl/α,β-unsaturated/α-hetero) is 1. The fourth-order valence-corrected chi connectivity index (χ4v) is 5.36. The zero-order chi connectivity index (χ0) is 15.7. The molecule has 0 aliphatic carbocycles. The van der Waals surface area contributed by atoms with E-state index in [1.54, 1.807) is 0 Å². The number of sulfonamides is 1. The van der Waals surface area contributed by atoms with E-state index in [9.17, 15) is 18.0 Å². The minimum absolute atomic E-state index is 0.335. The Morgan fingerprint density at radius 2 is 2.00 bits per heavy atom.